The molecule has 0 unspecified atom stereocenters. The van der Waals surface area contributed by atoms with Crippen molar-refractivity contribution in [3.05, 3.63) is 58.9 Å². The molecule has 0 amide bonds. The Bertz CT molecular complexity index is 662. The fraction of sp³-hybridized carbons (Fsp3) is 0. The van der Waals surface area contributed by atoms with Gasteiger partial charge in [0, 0.05) is 11.8 Å². The molecule has 0 aliphatic heterocycles. The number of hydrogen-bond donors (Lipinski definition) is 2. The predicted octanol–water partition coefficient (Wildman–Crippen LogP) is 1.18. The van der Waals surface area contributed by atoms with Crippen molar-refractivity contribution < 1.29 is 8.42 Å². The first-order valence-electron chi connectivity index (χ1n) is 4.85. The molecule has 17 heavy (non-hydrogen) atoms. The van der Waals surface area contributed by atoms with Crippen molar-refractivity contribution in [2.45, 2.75) is 5.03 Å². The Morgan fingerprint density at radius 2 is 1.65 bits per heavy atom. The van der Waals surface area contributed by atoms with E-state index in [4.69, 9.17) is 0 Å². The highest BCUT2D eigenvalue weighted by atomic mass is 32.2. The highest BCUT2D eigenvalue weighted by Crippen LogP contribution is 2.12. The van der Waals surface area contributed by atoms with Crippen molar-refractivity contribution in [2.75, 3.05) is 4.72 Å². The van der Waals surface area contributed by atoms with Crippen LogP contribution in [0.1, 0.15) is 0 Å². The zero-order valence-electron chi connectivity index (χ0n) is 8.75. The summed E-state index contributed by atoms with van der Waals surface area (Å²) in [6.45, 7) is 0. The van der Waals surface area contributed by atoms with Crippen LogP contribution in [0.3, 0.4) is 0 Å². The van der Waals surface area contributed by atoms with E-state index in [2.05, 4.69) is 9.71 Å². The molecular weight excluding hydrogens is 240 g/mol. The number of nitrogens with one attached hydrogen (secondary N) is 2. The molecule has 0 aliphatic rings. The second-order valence-electron chi connectivity index (χ2n) is 3.35. The number of rotatable bonds is 3. The molecule has 1 aromatic carbocycles. The molecule has 0 aliphatic carbocycles. The van der Waals surface area contributed by atoms with Gasteiger partial charge in [-0.3, -0.25) is 9.52 Å². The summed E-state index contributed by atoms with van der Waals surface area (Å²) in [5, 5.41) is -0.158. The zero-order valence-corrected chi connectivity index (χ0v) is 9.57. The molecule has 2 aromatic rings. The summed E-state index contributed by atoms with van der Waals surface area (Å²) < 4.78 is 26.1. The summed E-state index contributed by atoms with van der Waals surface area (Å²) in [6, 6.07) is 12.4. The molecule has 88 valence electrons. The number of pyridine rings is 1. The summed E-state index contributed by atoms with van der Waals surface area (Å²) in [7, 11) is -3.74. The highest BCUT2D eigenvalue weighted by Gasteiger charge is 2.14. The number of sulfonamides is 1. The van der Waals surface area contributed by atoms with Crippen molar-refractivity contribution in [3.63, 3.8) is 0 Å². The van der Waals surface area contributed by atoms with Gasteiger partial charge in [0.2, 0.25) is 5.56 Å². The predicted molar refractivity (Wildman–Crippen MR) is 64.3 cm³/mol. The molecule has 0 radical (unpaired) electrons. The lowest BCUT2D eigenvalue weighted by Crippen LogP contribution is -2.18. The minimum atomic E-state index is -3.74. The van der Waals surface area contributed by atoms with Crippen LogP contribution in [0, 0.1) is 0 Å². The first-order chi connectivity index (χ1) is 8.08. The van der Waals surface area contributed by atoms with Crippen LogP contribution in [0.2, 0.25) is 0 Å². The number of para-hydroxylation sites is 1. The standard InChI is InChI=1S/C11H10N2O3S/c14-10-7-4-8-11(12-10)17(15,16)13-9-5-2-1-3-6-9/h1-8,13H,(H,12,14). The second-order valence-corrected chi connectivity index (χ2v) is 5.00. The zero-order chi connectivity index (χ0) is 12.3. The van der Waals surface area contributed by atoms with Crippen molar-refractivity contribution in [2.24, 2.45) is 0 Å². The van der Waals surface area contributed by atoms with Crippen LogP contribution in [0.5, 0.6) is 0 Å². The van der Waals surface area contributed by atoms with E-state index in [1.165, 1.54) is 18.2 Å². The average Bonchev–Trinajstić information content (AvgIpc) is 2.30. The summed E-state index contributed by atoms with van der Waals surface area (Å²) in [5.74, 6) is 0. The van der Waals surface area contributed by atoms with Crippen molar-refractivity contribution in [1.29, 1.82) is 0 Å². The van der Waals surface area contributed by atoms with Gasteiger partial charge in [-0.1, -0.05) is 24.3 Å². The summed E-state index contributed by atoms with van der Waals surface area (Å²) in [5.41, 5.74) is -0.0156. The maximum Gasteiger partial charge on any atom is 0.277 e. The van der Waals surface area contributed by atoms with E-state index in [1.54, 1.807) is 30.3 Å². The van der Waals surface area contributed by atoms with E-state index >= 15 is 0 Å². The van der Waals surface area contributed by atoms with Gasteiger partial charge in [0.25, 0.3) is 10.0 Å². The van der Waals surface area contributed by atoms with E-state index in [9.17, 15) is 13.2 Å². The van der Waals surface area contributed by atoms with Crippen LogP contribution >= 0.6 is 0 Å². The lowest BCUT2D eigenvalue weighted by atomic mass is 10.3. The third-order valence-corrected chi connectivity index (χ3v) is 3.38. The molecule has 0 spiro atoms. The van der Waals surface area contributed by atoms with Crippen LogP contribution in [0.25, 0.3) is 0 Å². The fourth-order valence-electron chi connectivity index (χ4n) is 1.30. The third-order valence-electron chi connectivity index (χ3n) is 2.06. The molecule has 2 rings (SSSR count). The van der Waals surface area contributed by atoms with E-state index in [-0.39, 0.29) is 5.03 Å². The van der Waals surface area contributed by atoms with E-state index in [1.807, 2.05) is 0 Å². The Kier molecular flexibility index (Phi) is 2.97. The first-order valence-corrected chi connectivity index (χ1v) is 6.33. The van der Waals surface area contributed by atoms with Crippen LogP contribution in [-0.4, -0.2) is 13.4 Å². The third kappa shape index (κ3) is 2.73. The fourth-order valence-corrected chi connectivity index (χ4v) is 2.35. The Labute approximate surface area is 98.2 Å². The van der Waals surface area contributed by atoms with Gasteiger partial charge in [-0.05, 0) is 18.2 Å². The second kappa shape index (κ2) is 4.42. The summed E-state index contributed by atoms with van der Waals surface area (Å²) >= 11 is 0. The molecule has 0 saturated heterocycles. The summed E-state index contributed by atoms with van der Waals surface area (Å²) in [6.07, 6.45) is 0. The van der Waals surface area contributed by atoms with Gasteiger partial charge < -0.3 is 4.98 Å². The topological polar surface area (TPSA) is 79.0 Å². The van der Waals surface area contributed by atoms with Gasteiger partial charge in [-0.15, -0.1) is 0 Å². The minimum Gasteiger partial charge on any atom is -0.311 e. The van der Waals surface area contributed by atoms with Gasteiger partial charge >= 0.3 is 0 Å². The van der Waals surface area contributed by atoms with Crippen LogP contribution < -0.4 is 10.3 Å². The minimum absolute atomic E-state index is 0.158. The molecule has 0 fully saturated rings. The number of aromatic nitrogens is 1. The lowest BCUT2D eigenvalue weighted by molar-refractivity contribution is 0.597. The molecule has 1 aromatic heterocycles. The molecule has 0 atom stereocenters. The van der Waals surface area contributed by atoms with Gasteiger partial charge in [0.05, 0.1) is 0 Å². The van der Waals surface area contributed by atoms with Crippen LogP contribution in [0.4, 0.5) is 5.69 Å². The van der Waals surface area contributed by atoms with Crippen molar-refractivity contribution in [3.8, 4) is 0 Å². The maximum atomic E-state index is 11.9. The molecular formula is C11H10N2O3S. The molecule has 0 saturated carbocycles. The van der Waals surface area contributed by atoms with Crippen molar-refractivity contribution in [1.82, 2.24) is 4.98 Å². The number of benzene rings is 1. The molecule has 5 nitrogen and oxygen atoms in total. The van der Waals surface area contributed by atoms with Gasteiger partial charge in [-0.2, -0.15) is 8.42 Å². The van der Waals surface area contributed by atoms with Gasteiger partial charge in [-0.25, -0.2) is 0 Å². The Morgan fingerprint density at radius 1 is 0.941 bits per heavy atom. The molecule has 1 heterocycles. The number of aromatic amines is 1. The van der Waals surface area contributed by atoms with Crippen molar-refractivity contribution >= 4 is 15.7 Å². The highest BCUT2D eigenvalue weighted by molar-refractivity contribution is 7.92. The lowest BCUT2D eigenvalue weighted by Gasteiger charge is -2.06. The van der Waals surface area contributed by atoms with Crippen LogP contribution in [-0.2, 0) is 10.0 Å². The van der Waals surface area contributed by atoms with Gasteiger partial charge in [0.15, 0.2) is 5.03 Å². The molecule has 0 bridgehead atoms. The average molecular weight is 250 g/mol. The van der Waals surface area contributed by atoms with Gasteiger partial charge in [0.1, 0.15) is 0 Å². The van der Waals surface area contributed by atoms with E-state index in [0.29, 0.717) is 5.69 Å². The summed E-state index contributed by atoms with van der Waals surface area (Å²) in [4.78, 5) is 13.3. The number of anilines is 1. The van der Waals surface area contributed by atoms with E-state index < -0.39 is 15.6 Å². The monoisotopic (exact) mass is 250 g/mol. The molecule has 2 N–H and O–H groups in total. The smallest absolute Gasteiger partial charge is 0.277 e. The Balaban J connectivity index is 2.35. The Hall–Kier alpha value is -2.08. The molecule has 6 heteroatoms. The first kappa shape index (κ1) is 11.4. The quantitative estimate of drug-likeness (QED) is 0.858. The SMILES string of the molecule is O=c1cccc(S(=O)(=O)Nc2ccccc2)[nH]1. The van der Waals surface area contributed by atoms with E-state index in [0.717, 1.165) is 0 Å². The number of hydrogen-bond acceptors (Lipinski definition) is 3. The van der Waals surface area contributed by atoms with Crippen LogP contribution in [0.15, 0.2) is 58.4 Å². The number of H-pyrrole nitrogens is 1. The Morgan fingerprint density at radius 3 is 2.29 bits per heavy atom. The largest absolute Gasteiger partial charge is 0.311 e. The normalized spacial score (nSPS) is 11.1. The maximum absolute atomic E-state index is 11.9.